The Morgan fingerprint density at radius 3 is 2.67 bits per heavy atom. The van der Waals surface area contributed by atoms with E-state index in [4.69, 9.17) is 0 Å². The summed E-state index contributed by atoms with van der Waals surface area (Å²) in [6, 6.07) is 7.93. The SMILES string of the molecule is CCCCCCC/C=C/c1ccccc1C(O)CCCC(=O)OC. The monoisotopic (exact) mass is 332 g/mol. The van der Waals surface area contributed by atoms with Gasteiger partial charge in [-0.2, -0.15) is 0 Å². The number of unbranched alkanes of at least 4 members (excludes halogenated alkanes) is 5. The maximum Gasteiger partial charge on any atom is 0.305 e. The summed E-state index contributed by atoms with van der Waals surface area (Å²) in [5.41, 5.74) is 2.00. The van der Waals surface area contributed by atoms with Gasteiger partial charge in [0.1, 0.15) is 0 Å². The van der Waals surface area contributed by atoms with Gasteiger partial charge in [-0.15, -0.1) is 0 Å². The van der Waals surface area contributed by atoms with Gasteiger partial charge in [0.25, 0.3) is 0 Å². The predicted molar refractivity (Wildman–Crippen MR) is 99.7 cm³/mol. The van der Waals surface area contributed by atoms with Crippen molar-refractivity contribution in [3.63, 3.8) is 0 Å². The van der Waals surface area contributed by atoms with E-state index in [1.807, 2.05) is 24.3 Å². The number of aliphatic hydroxyl groups excluding tert-OH is 1. The molecule has 0 saturated heterocycles. The van der Waals surface area contributed by atoms with Crippen LogP contribution in [-0.4, -0.2) is 18.2 Å². The highest BCUT2D eigenvalue weighted by molar-refractivity contribution is 5.69. The number of carbonyl (C=O) groups excluding carboxylic acids is 1. The molecule has 1 atom stereocenters. The van der Waals surface area contributed by atoms with Crippen LogP contribution >= 0.6 is 0 Å². The van der Waals surface area contributed by atoms with Gasteiger partial charge in [0.2, 0.25) is 0 Å². The second-order valence-corrected chi connectivity index (χ2v) is 6.22. The molecule has 134 valence electrons. The lowest BCUT2D eigenvalue weighted by Crippen LogP contribution is -2.04. The van der Waals surface area contributed by atoms with Gasteiger partial charge >= 0.3 is 5.97 Å². The van der Waals surface area contributed by atoms with Crippen molar-refractivity contribution in [2.24, 2.45) is 0 Å². The first-order chi connectivity index (χ1) is 11.7. The maximum atomic E-state index is 11.2. The predicted octanol–water partition coefficient (Wildman–Crippen LogP) is 5.44. The van der Waals surface area contributed by atoms with Crippen molar-refractivity contribution >= 4 is 12.0 Å². The van der Waals surface area contributed by atoms with Crippen LogP contribution < -0.4 is 0 Å². The third kappa shape index (κ3) is 8.30. The van der Waals surface area contributed by atoms with Crippen LogP contribution in [0.2, 0.25) is 0 Å². The molecule has 0 saturated carbocycles. The van der Waals surface area contributed by atoms with Crippen molar-refractivity contribution < 1.29 is 14.6 Å². The molecule has 0 bridgehead atoms. The van der Waals surface area contributed by atoms with Crippen molar-refractivity contribution in [2.75, 3.05) is 7.11 Å². The number of ether oxygens (including phenoxy) is 1. The first kappa shape index (κ1) is 20.4. The molecule has 0 aromatic heterocycles. The zero-order valence-electron chi connectivity index (χ0n) is 15.2. The molecular weight excluding hydrogens is 300 g/mol. The summed E-state index contributed by atoms with van der Waals surface area (Å²) in [6.07, 6.45) is 12.8. The van der Waals surface area contributed by atoms with Crippen molar-refractivity contribution in [3.05, 3.63) is 41.5 Å². The van der Waals surface area contributed by atoms with E-state index in [0.29, 0.717) is 19.3 Å². The Hall–Kier alpha value is -1.61. The number of aliphatic hydroxyl groups is 1. The molecule has 1 aromatic carbocycles. The molecule has 0 radical (unpaired) electrons. The number of benzene rings is 1. The molecule has 3 heteroatoms. The summed E-state index contributed by atoms with van der Waals surface area (Å²) in [4.78, 5) is 11.2. The van der Waals surface area contributed by atoms with E-state index in [1.165, 1.54) is 39.2 Å². The van der Waals surface area contributed by atoms with E-state index in [-0.39, 0.29) is 5.97 Å². The Kier molecular flexibility index (Phi) is 10.9. The number of allylic oxidation sites excluding steroid dienone is 1. The van der Waals surface area contributed by atoms with Crippen LogP contribution in [0.5, 0.6) is 0 Å². The second-order valence-electron chi connectivity index (χ2n) is 6.22. The highest BCUT2D eigenvalue weighted by atomic mass is 16.5. The standard InChI is InChI=1S/C21H32O3/c1-3-4-5-6-7-8-9-13-18-14-10-11-15-19(18)20(22)16-12-17-21(23)24-2/h9-11,13-15,20,22H,3-8,12,16-17H2,1-2H3/b13-9+. The molecule has 3 nitrogen and oxygen atoms in total. The van der Waals surface area contributed by atoms with Gasteiger partial charge in [-0.25, -0.2) is 0 Å². The number of esters is 1. The Bertz CT molecular complexity index is 494. The molecule has 0 amide bonds. The Labute approximate surface area is 146 Å². The summed E-state index contributed by atoms with van der Waals surface area (Å²) in [7, 11) is 1.39. The number of methoxy groups -OCH3 is 1. The normalized spacial score (nSPS) is 12.5. The molecular formula is C21H32O3. The van der Waals surface area contributed by atoms with Crippen LogP contribution in [0.4, 0.5) is 0 Å². The fourth-order valence-corrected chi connectivity index (χ4v) is 2.74. The minimum atomic E-state index is -0.542. The fourth-order valence-electron chi connectivity index (χ4n) is 2.74. The molecule has 0 aliphatic heterocycles. The van der Waals surface area contributed by atoms with Crippen molar-refractivity contribution in [1.29, 1.82) is 0 Å². The van der Waals surface area contributed by atoms with Gasteiger partial charge in [-0.1, -0.05) is 69.0 Å². The minimum Gasteiger partial charge on any atom is -0.469 e. The molecule has 0 aliphatic carbocycles. The van der Waals surface area contributed by atoms with Crippen LogP contribution in [0.3, 0.4) is 0 Å². The quantitative estimate of drug-likeness (QED) is 0.410. The largest absolute Gasteiger partial charge is 0.469 e. The van der Waals surface area contributed by atoms with Crippen molar-refractivity contribution in [3.8, 4) is 0 Å². The molecule has 0 heterocycles. The van der Waals surface area contributed by atoms with E-state index in [0.717, 1.165) is 17.5 Å². The lowest BCUT2D eigenvalue weighted by atomic mass is 9.98. The van der Waals surface area contributed by atoms with Gasteiger partial charge in [-0.05, 0) is 36.8 Å². The van der Waals surface area contributed by atoms with E-state index >= 15 is 0 Å². The summed E-state index contributed by atoms with van der Waals surface area (Å²) in [5.74, 6) is -0.224. The molecule has 24 heavy (non-hydrogen) atoms. The van der Waals surface area contributed by atoms with Crippen LogP contribution in [0.25, 0.3) is 6.08 Å². The molecule has 0 spiro atoms. The minimum absolute atomic E-state index is 0.224. The van der Waals surface area contributed by atoms with Crippen LogP contribution in [0.15, 0.2) is 30.3 Å². The highest BCUT2D eigenvalue weighted by Crippen LogP contribution is 2.24. The molecule has 1 unspecified atom stereocenters. The molecule has 0 fully saturated rings. The van der Waals surface area contributed by atoms with Gasteiger partial charge < -0.3 is 9.84 Å². The highest BCUT2D eigenvalue weighted by Gasteiger charge is 2.11. The summed E-state index contributed by atoms with van der Waals surface area (Å²) < 4.78 is 4.63. The molecule has 0 aliphatic rings. The van der Waals surface area contributed by atoms with Gasteiger partial charge in [0.15, 0.2) is 0 Å². The first-order valence-electron chi connectivity index (χ1n) is 9.19. The second kappa shape index (κ2) is 12.8. The zero-order valence-corrected chi connectivity index (χ0v) is 15.2. The third-order valence-corrected chi connectivity index (χ3v) is 4.21. The van der Waals surface area contributed by atoms with E-state index in [2.05, 4.69) is 23.8 Å². The van der Waals surface area contributed by atoms with Gasteiger partial charge in [0, 0.05) is 6.42 Å². The molecule has 1 aromatic rings. The summed E-state index contributed by atoms with van der Waals surface area (Å²) in [6.45, 7) is 2.23. The fraction of sp³-hybridized carbons (Fsp3) is 0.571. The zero-order chi connectivity index (χ0) is 17.6. The Morgan fingerprint density at radius 2 is 1.92 bits per heavy atom. The smallest absolute Gasteiger partial charge is 0.305 e. The Morgan fingerprint density at radius 1 is 1.17 bits per heavy atom. The molecule has 1 rings (SSSR count). The van der Waals surface area contributed by atoms with Crippen LogP contribution in [0, 0.1) is 0 Å². The summed E-state index contributed by atoms with van der Waals surface area (Å²) >= 11 is 0. The molecule has 1 N–H and O–H groups in total. The van der Waals surface area contributed by atoms with E-state index in [1.54, 1.807) is 0 Å². The first-order valence-corrected chi connectivity index (χ1v) is 9.19. The van der Waals surface area contributed by atoms with Crippen molar-refractivity contribution in [2.45, 2.75) is 70.8 Å². The van der Waals surface area contributed by atoms with E-state index < -0.39 is 6.10 Å². The summed E-state index contributed by atoms with van der Waals surface area (Å²) in [5, 5.41) is 10.4. The van der Waals surface area contributed by atoms with Crippen molar-refractivity contribution in [1.82, 2.24) is 0 Å². The van der Waals surface area contributed by atoms with Crippen LogP contribution in [0.1, 0.15) is 81.9 Å². The average Bonchev–Trinajstić information content (AvgIpc) is 2.61. The number of carbonyl (C=O) groups is 1. The number of rotatable bonds is 12. The van der Waals surface area contributed by atoms with Crippen LogP contribution in [-0.2, 0) is 9.53 Å². The topological polar surface area (TPSA) is 46.5 Å². The lowest BCUT2D eigenvalue weighted by molar-refractivity contribution is -0.140. The maximum absolute atomic E-state index is 11.2. The van der Waals surface area contributed by atoms with Gasteiger partial charge in [0.05, 0.1) is 13.2 Å². The van der Waals surface area contributed by atoms with E-state index in [9.17, 15) is 9.90 Å². The number of hydrogen-bond donors (Lipinski definition) is 1. The Balaban J connectivity index is 2.46. The van der Waals surface area contributed by atoms with Gasteiger partial charge in [-0.3, -0.25) is 4.79 Å². The lowest BCUT2D eigenvalue weighted by Gasteiger charge is -2.13. The third-order valence-electron chi connectivity index (χ3n) is 4.21. The number of hydrogen-bond acceptors (Lipinski definition) is 3. The average molecular weight is 332 g/mol.